The minimum atomic E-state index is 0.108. The van der Waals surface area contributed by atoms with E-state index in [1.54, 1.807) is 0 Å². The Bertz CT molecular complexity index is 971. The van der Waals surface area contributed by atoms with Gasteiger partial charge in [-0.15, -0.1) is 11.3 Å². The average molecular weight is 421 g/mol. The standard InChI is InChI=1S/C25H28N2O2S/c1-18-10-9-13-21(16-17-29-22-14-7-4-8-15-22)27(18)25(28)24-23(26-19(2)30-24)20-11-5-3-6-12-20/h3-8,11-12,14-15,18,21H,9-10,13,16-17H2,1-2H3. The second kappa shape index (κ2) is 9.43. The van der Waals surface area contributed by atoms with Gasteiger partial charge in [-0.25, -0.2) is 4.98 Å². The number of aryl methyl sites for hydroxylation is 1. The summed E-state index contributed by atoms with van der Waals surface area (Å²) in [6.45, 7) is 4.75. The molecular weight excluding hydrogens is 392 g/mol. The Morgan fingerprint density at radius 3 is 2.53 bits per heavy atom. The van der Waals surface area contributed by atoms with E-state index < -0.39 is 0 Å². The molecule has 0 saturated carbocycles. The summed E-state index contributed by atoms with van der Waals surface area (Å²) in [6.07, 6.45) is 4.05. The molecule has 156 valence electrons. The monoisotopic (exact) mass is 420 g/mol. The number of carbonyl (C=O) groups excluding carboxylic acids is 1. The number of para-hydroxylation sites is 1. The summed E-state index contributed by atoms with van der Waals surface area (Å²) in [5.41, 5.74) is 1.80. The number of hydrogen-bond acceptors (Lipinski definition) is 4. The summed E-state index contributed by atoms with van der Waals surface area (Å²) in [6, 6.07) is 20.3. The highest BCUT2D eigenvalue weighted by atomic mass is 32.1. The highest BCUT2D eigenvalue weighted by Gasteiger charge is 2.34. The molecule has 30 heavy (non-hydrogen) atoms. The predicted octanol–water partition coefficient (Wildman–Crippen LogP) is 5.97. The number of thiazole rings is 1. The van der Waals surface area contributed by atoms with Gasteiger partial charge in [-0.3, -0.25) is 4.79 Å². The maximum absolute atomic E-state index is 13.7. The molecule has 4 nitrogen and oxygen atoms in total. The Morgan fingerprint density at radius 1 is 1.10 bits per heavy atom. The summed E-state index contributed by atoms with van der Waals surface area (Å²) in [7, 11) is 0. The largest absolute Gasteiger partial charge is 0.494 e. The normalized spacial score (nSPS) is 18.9. The van der Waals surface area contributed by atoms with Crippen LogP contribution < -0.4 is 4.74 Å². The van der Waals surface area contributed by atoms with Gasteiger partial charge < -0.3 is 9.64 Å². The van der Waals surface area contributed by atoms with Crippen molar-refractivity contribution in [3.05, 3.63) is 70.5 Å². The van der Waals surface area contributed by atoms with Crippen LogP contribution in [0.4, 0.5) is 0 Å². The minimum Gasteiger partial charge on any atom is -0.494 e. The summed E-state index contributed by atoms with van der Waals surface area (Å²) < 4.78 is 5.93. The lowest BCUT2D eigenvalue weighted by atomic mass is 9.94. The molecule has 2 unspecified atom stereocenters. The van der Waals surface area contributed by atoms with Crippen LogP contribution in [0.1, 0.15) is 47.3 Å². The second-order valence-electron chi connectivity index (χ2n) is 7.87. The van der Waals surface area contributed by atoms with E-state index in [9.17, 15) is 4.79 Å². The molecule has 1 aliphatic heterocycles. The molecule has 0 bridgehead atoms. The first-order valence-corrected chi connectivity index (χ1v) is 11.5. The number of aromatic nitrogens is 1. The van der Waals surface area contributed by atoms with Crippen LogP contribution in [-0.4, -0.2) is 34.5 Å². The zero-order chi connectivity index (χ0) is 20.9. The van der Waals surface area contributed by atoms with Gasteiger partial charge in [0.15, 0.2) is 0 Å². The van der Waals surface area contributed by atoms with Gasteiger partial charge in [0, 0.05) is 24.1 Å². The molecule has 1 fully saturated rings. The van der Waals surface area contributed by atoms with Crippen molar-refractivity contribution in [2.45, 2.75) is 51.6 Å². The number of hydrogen-bond donors (Lipinski definition) is 0. The number of ether oxygens (including phenoxy) is 1. The third kappa shape index (κ3) is 4.57. The van der Waals surface area contributed by atoms with Gasteiger partial charge in [0.2, 0.25) is 0 Å². The van der Waals surface area contributed by atoms with Crippen LogP contribution in [0, 0.1) is 6.92 Å². The number of carbonyl (C=O) groups is 1. The van der Waals surface area contributed by atoms with E-state index in [2.05, 4.69) is 11.8 Å². The Kier molecular flexibility index (Phi) is 6.48. The van der Waals surface area contributed by atoms with E-state index in [1.165, 1.54) is 11.3 Å². The van der Waals surface area contributed by atoms with Crippen LogP contribution >= 0.6 is 11.3 Å². The SMILES string of the molecule is Cc1nc(-c2ccccc2)c(C(=O)N2C(C)CCCC2CCOc2ccccc2)s1. The number of piperidine rings is 1. The number of likely N-dealkylation sites (tertiary alicyclic amines) is 1. The van der Waals surface area contributed by atoms with Gasteiger partial charge in [-0.05, 0) is 45.2 Å². The summed E-state index contributed by atoms with van der Waals surface area (Å²) in [4.78, 5) is 21.3. The Labute approximate surface area is 182 Å². The van der Waals surface area contributed by atoms with Gasteiger partial charge in [0.1, 0.15) is 10.6 Å². The molecule has 1 aromatic heterocycles. The Balaban J connectivity index is 1.53. The van der Waals surface area contributed by atoms with Crippen LogP contribution in [0.5, 0.6) is 5.75 Å². The number of rotatable bonds is 6. The second-order valence-corrected chi connectivity index (χ2v) is 9.08. The first-order valence-electron chi connectivity index (χ1n) is 10.7. The molecule has 2 heterocycles. The van der Waals surface area contributed by atoms with Gasteiger partial charge in [0.25, 0.3) is 5.91 Å². The highest BCUT2D eigenvalue weighted by Crippen LogP contribution is 2.33. The third-order valence-corrected chi connectivity index (χ3v) is 6.66. The van der Waals surface area contributed by atoms with E-state index >= 15 is 0 Å². The lowest BCUT2D eigenvalue weighted by Gasteiger charge is -2.40. The molecule has 0 aliphatic carbocycles. The molecule has 2 aromatic carbocycles. The Hall–Kier alpha value is -2.66. The van der Waals surface area contributed by atoms with Crippen molar-refractivity contribution in [1.29, 1.82) is 0 Å². The molecule has 0 spiro atoms. The van der Waals surface area contributed by atoms with Crippen molar-refractivity contribution in [3.63, 3.8) is 0 Å². The van der Waals surface area contributed by atoms with Gasteiger partial charge in [-0.2, -0.15) is 0 Å². The molecule has 1 saturated heterocycles. The van der Waals surface area contributed by atoms with Crippen LogP contribution in [0.25, 0.3) is 11.3 Å². The molecule has 5 heteroatoms. The average Bonchev–Trinajstić information content (AvgIpc) is 3.17. The molecule has 0 N–H and O–H groups in total. The molecule has 1 amide bonds. The fourth-order valence-electron chi connectivity index (χ4n) is 4.25. The summed E-state index contributed by atoms with van der Waals surface area (Å²) in [5.74, 6) is 0.986. The van der Waals surface area contributed by atoms with Crippen LogP contribution in [0.3, 0.4) is 0 Å². The highest BCUT2D eigenvalue weighted by molar-refractivity contribution is 7.14. The smallest absolute Gasteiger partial charge is 0.266 e. The minimum absolute atomic E-state index is 0.108. The van der Waals surface area contributed by atoms with Gasteiger partial charge >= 0.3 is 0 Å². The molecule has 1 aliphatic rings. The summed E-state index contributed by atoms with van der Waals surface area (Å²) >= 11 is 1.50. The Morgan fingerprint density at radius 2 is 1.80 bits per heavy atom. The zero-order valence-electron chi connectivity index (χ0n) is 17.6. The van der Waals surface area contributed by atoms with E-state index in [0.29, 0.717) is 6.61 Å². The molecule has 0 radical (unpaired) electrons. The van der Waals surface area contributed by atoms with Crippen molar-refractivity contribution in [3.8, 4) is 17.0 Å². The van der Waals surface area contributed by atoms with Crippen molar-refractivity contribution in [1.82, 2.24) is 9.88 Å². The topological polar surface area (TPSA) is 42.4 Å². The lowest BCUT2D eigenvalue weighted by molar-refractivity contribution is 0.0443. The summed E-state index contributed by atoms with van der Waals surface area (Å²) in [5, 5.41) is 0.922. The van der Waals surface area contributed by atoms with E-state index in [0.717, 1.165) is 52.6 Å². The maximum atomic E-state index is 13.7. The zero-order valence-corrected chi connectivity index (χ0v) is 18.4. The fourth-order valence-corrected chi connectivity index (χ4v) is 5.13. The molecular formula is C25H28N2O2S. The number of benzene rings is 2. The van der Waals surface area contributed by atoms with E-state index in [-0.39, 0.29) is 18.0 Å². The van der Waals surface area contributed by atoms with E-state index in [1.807, 2.05) is 67.6 Å². The molecule has 4 rings (SSSR count). The molecule has 2 atom stereocenters. The van der Waals surface area contributed by atoms with Crippen molar-refractivity contribution >= 4 is 17.2 Å². The maximum Gasteiger partial charge on any atom is 0.266 e. The quantitative estimate of drug-likeness (QED) is 0.493. The first kappa shape index (κ1) is 20.6. The van der Waals surface area contributed by atoms with Crippen LogP contribution in [0.2, 0.25) is 0 Å². The first-order chi connectivity index (χ1) is 14.6. The number of nitrogens with zero attached hydrogens (tertiary/aromatic N) is 2. The third-order valence-electron chi connectivity index (χ3n) is 5.70. The number of amides is 1. The van der Waals surface area contributed by atoms with Crippen molar-refractivity contribution < 1.29 is 9.53 Å². The van der Waals surface area contributed by atoms with Crippen molar-refractivity contribution in [2.75, 3.05) is 6.61 Å². The fraction of sp³-hybridized carbons (Fsp3) is 0.360. The van der Waals surface area contributed by atoms with E-state index in [4.69, 9.17) is 9.72 Å². The van der Waals surface area contributed by atoms with Crippen molar-refractivity contribution in [2.24, 2.45) is 0 Å². The molecule has 3 aromatic rings. The van der Waals surface area contributed by atoms with Gasteiger partial charge in [-0.1, -0.05) is 48.5 Å². The van der Waals surface area contributed by atoms with Crippen LogP contribution in [0.15, 0.2) is 60.7 Å². The van der Waals surface area contributed by atoms with Gasteiger partial charge in [0.05, 0.1) is 17.3 Å². The predicted molar refractivity (Wildman–Crippen MR) is 122 cm³/mol. The van der Waals surface area contributed by atoms with Crippen LogP contribution in [-0.2, 0) is 0 Å². The lowest BCUT2D eigenvalue weighted by Crippen LogP contribution is -2.49.